The van der Waals surface area contributed by atoms with Crippen LogP contribution < -0.4 is 0 Å². The van der Waals surface area contributed by atoms with Crippen molar-refractivity contribution in [2.24, 2.45) is 17.3 Å². The van der Waals surface area contributed by atoms with Gasteiger partial charge in [0, 0.05) is 12.2 Å². The summed E-state index contributed by atoms with van der Waals surface area (Å²) in [7, 11) is 0. The van der Waals surface area contributed by atoms with E-state index in [-0.39, 0.29) is 5.41 Å². The molecular weight excluding hydrogens is 292 g/mol. The number of hydrogen-bond donors (Lipinski definition) is 0. The summed E-state index contributed by atoms with van der Waals surface area (Å²) < 4.78 is 10.4. The molecule has 0 aromatic heterocycles. The second-order valence-corrected chi connectivity index (χ2v) is 7.97. The zero-order chi connectivity index (χ0) is 17.3. The van der Waals surface area contributed by atoms with Crippen molar-refractivity contribution >= 4 is 11.9 Å². The van der Waals surface area contributed by atoms with Crippen LogP contribution in [0.15, 0.2) is 12.2 Å². The normalized spacial score (nSPS) is 17.9. The van der Waals surface area contributed by atoms with Gasteiger partial charge in [0.15, 0.2) is 0 Å². The van der Waals surface area contributed by atoms with Gasteiger partial charge in [-0.1, -0.05) is 47.0 Å². The second-order valence-electron chi connectivity index (χ2n) is 7.97. The third-order valence-electron chi connectivity index (χ3n) is 4.01. The topological polar surface area (TPSA) is 52.6 Å². The van der Waals surface area contributed by atoms with Crippen LogP contribution in [0, 0.1) is 17.3 Å². The third-order valence-corrected chi connectivity index (χ3v) is 4.01. The fourth-order valence-corrected chi connectivity index (χ4v) is 3.11. The van der Waals surface area contributed by atoms with Gasteiger partial charge < -0.3 is 9.47 Å². The molecule has 1 saturated carbocycles. The molecule has 0 bridgehead atoms. The summed E-state index contributed by atoms with van der Waals surface area (Å²) in [6, 6.07) is 0. The smallest absolute Gasteiger partial charge is 0.331 e. The zero-order valence-electron chi connectivity index (χ0n) is 15.1. The zero-order valence-corrected chi connectivity index (χ0v) is 15.1. The van der Waals surface area contributed by atoms with Gasteiger partial charge in [-0.25, -0.2) is 9.59 Å². The van der Waals surface area contributed by atoms with Gasteiger partial charge in [0.1, 0.15) is 0 Å². The quantitative estimate of drug-likeness (QED) is 0.518. The molecule has 0 aromatic rings. The van der Waals surface area contributed by atoms with Gasteiger partial charge in [-0.15, -0.1) is 0 Å². The Morgan fingerprint density at radius 2 is 1.61 bits per heavy atom. The number of hydrogen-bond acceptors (Lipinski definition) is 4. The van der Waals surface area contributed by atoms with Crippen LogP contribution >= 0.6 is 0 Å². The molecule has 0 spiro atoms. The van der Waals surface area contributed by atoms with Crippen LogP contribution in [0.5, 0.6) is 0 Å². The van der Waals surface area contributed by atoms with Gasteiger partial charge in [0.2, 0.25) is 0 Å². The van der Waals surface area contributed by atoms with Gasteiger partial charge in [0.05, 0.1) is 13.2 Å². The predicted molar refractivity (Wildman–Crippen MR) is 90.9 cm³/mol. The van der Waals surface area contributed by atoms with Gasteiger partial charge in [-0.2, -0.15) is 0 Å². The second kappa shape index (κ2) is 9.74. The highest BCUT2D eigenvalue weighted by Gasteiger charge is 2.17. The van der Waals surface area contributed by atoms with Crippen molar-refractivity contribution in [2.75, 3.05) is 13.2 Å². The molecule has 0 amide bonds. The van der Waals surface area contributed by atoms with E-state index in [4.69, 9.17) is 9.47 Å². The van der Waals surface area contributed by atoms with Gasteiger partial charge in [-0.05, 0) is 36.5 Å². The van der Waals surface area contributed by atoms with Gasteiger partial charge >= 0.3 is 11.9 Å². The van der Waals surface area contributed by atoms with Crippen molar-refractivity contribution in [1.82, 2.24) is 0 Å². The monoisotopic (exact) mass is 324 g/mol. The van der Waals surface area contributed by atoms with Crippen LogP contribution in [0.1, 0.15) is 66.2 Å². The molecule has 23 heavy (non-hydrogen) atoms. The molecule has 0 N–H and O–H groups in total. The average Bonchev–Trinajstić information content (AvgIpc) is 2.48. The Kier molecular flexibility index (Phi) is 8.35. The summed E-state index contributed by atoms with van der Waals surface area (Å²) in [5.41, 5.74) is 0.213. The highest BCUT2D eigenvalue weighted by atomic mass is 16.5. The molecule has 0 saturated heterocycles. The van der Waals surface area contributed by atoms with Crippen LogP contribution in [-0.4, -0.2) is 25.2 Å². The van der Waals surface area contributed by atoms with Crippen molar-refractivity contribution in [3.8, 4) is 0 Å². The van der Waals surface area contributed by atoms with Crippen LogP contribution in [0.3, 0.4) is 0 Å². The van der Waals surface area contributed by atoms with E-state index in [1.54, 1.807) is 0 Å². The lowest BCUT2D eigenvalue weighted by molar-refractivity contribution is -0.142. The van der Waals surface area contributed by atoms with Crippen LogP contribution in [-0.2, 0) is 19.1 Å². The number of esters is 2. The standard InChI is InChI=1S/C19H32O4/c1-15(12-19(2,3)4)13-22-17(20)10-11-18(21)23-14-16-8-6-5-7-9-16/h10-11,15-16H,5-9,12-14H2,1-4H3/b11-10+. The molecule has 1 aliphatic rings. The van der Waals surface area contributed by atoms with Crippen molar-refractivity contribution in [1.29, 1.82) is 0 Å². The summed E-state index contributed by atoms with van der Waals surface area (Å²) in [6.45, 7) is 9.37. The first kappa shape index (κ1) is 19.7. The summed E-state index contributed by atoms with van der Waals surface area (Å²) in [4.78, 5) is 23.2. The van der Waals surface area contributed by atoms with Gasteiger partial charge in [-0.3, -0.25) is 0 Å². The predicted octanol–water partition coefficient (Wildman–Crippen LogP) is 4.28. The van der Waals surface area contributed by atoms with E-state index < -0.39 is 11.9 Å². The Balaban J connectivity index is 2.19. The Labute approximate surface area is 140 Å². The molecule has 1 atom stereocenters. The fraction of sp³-hybridized carbons (Fsp3) is 0.789. The van der Waals surface area contributed by atoms with E-state index in [1.165, 1.54) is 25.3 Å². The first-order valence-corrected chi connectivity index (χ1v) is 8.78. The molecule has 0 aliphatic heterocycles. The molecule has 0 heterocycles. The summed E-state index contributed by atoms with van der Waals surface area (Å²) in [6.07, 6.45) is 9.29. The van der Waals surface area contributed by atoms with Crippen LogP contribution in [0.4, 0.5) is 0 Å². The summed E-state index contributed by atoms with van der Waals surface area (Å²) in [5, 5.41) is 0. The summed E-state index contributed by atoms with van der Waals surface area (Å²) >= 11 is 0. The van der Waals surface area contributed by atoms with E-state index >= 15 is 0 Å². The number of rotatable bonds is 7. The first-order chi connectivity index (χ1) is 10.8. The fourth-order valence-electron chi connectivity index (χ4n) is 3.11. The molecule has 1 unspecified atom stereocenters. The Bertz CT molecular complexity index is 400. The molecule has 4 heteroatoms. The Morgan fingerprint density at radius 1 is 1.04 bits per heavy atom. The number of carbonyl (C=O) groups is 2. The molecule has 1 fully saturated rings. The van der Waals surface area contributed by atoms with E-state index in [9.17, 15) is 9.59 Å². The lowest BCUT2D eigenvalue weighted by Gasteiger charge is -2.22. The van der Waals surface area contributed by atoms with E-state index in [0.29, 0.717) is 25.0 Å². The maximum absolute atomic E-state index is 11.6. The van der Waals surface area contributed by atoms with Crippen LogP contribution in [0.2, 0.25) is 0 Å². The lowest BCUT2D eigenvalue weighted by Crippen LogP contribution is -2.17. The minimum absolute atomic E-state index is 0.213. The number of carbonyl (C=O) groups excluding carboxylic acids is 2. The van der Waals surface area contributed by atoms with Gasteiger partial charge in [0.25, 0.3) is 0 Å². The molecular formula is C19H32O4. The molecule has 0 radical (unpaired) electrons. The number of ether oxygens (including phenoxy) is 2. The minimum Gasteiger partial charge on any atom is -0.462 e. The van der Waals surface area contributed by atoms with Crippen molar-refractivity contribution in [3.05, 3.63) is 12.2 Å². The third kappa shape index (κ3) is 10.1. The van der Waals surface area contributed by atoms with E-state index in [1.807, 2.05) is 0 Å². The van der Waals surface area contributed by atoms with E-state index in [0.717, 1.165) is 25.3 Å². The average molecular weight is 324 g/mol. The molecule has 132 valence electrons. The minimum atomic E-state index is -0.486. The maximum atomic E-state index is 11.6. The Hall–Kier alpha value is -1.32. The highest BCUT2D eigenvalue weighted by Crippen LogP contribution is 2.24. The molecule has 1 rings (SSSR count). The highest BCUT2D eigenvalue weighted by molar-refractivity contribution is 5.91. The summed E-state index contributed by atoms with van der Waals surface area (Å²) in [5.74, 6) is -0.174. The van der Waals surface area contributed by atoms with E-state index in [2.05, 4.69) is 27.7 Å². The Morgan fingerprint density at radius 3 is 2.17 bits per heavy atom. The molecule has 1 aliphatic carbocycles. The maximum Gasteiger partial charge on any atom is 0.331 e. The first-order valence-electron chi connectivity index (χ1n) is 8.78. The molecule has 4 nitrogen and oxygen atoms in total. The van der Waals surface area contributed by atoms with Crippen molar-refractivity contribution in [2.45, 2.75) is 66.2 Å². The van der Waals surface area contributed by atoms with Crippen molar-refractivity contribution in [3.63, 3.8) is 0 Å². The van der Waals surface area contributed by atoms with Crippen molar-refractivity contribution < 1.29 is 19.1 Å². The molecule has 0 aromatic carbocycles. The lowest BCUT2D eigenvalue weighted by atomic mass is 9.86. The SMILES string of the molecule is CC(COC(=O)/C=C/C(=O)OCC1CCCCC1)CC(C)(C)C. The van der Waals surface area contributed by atoms with Crippen LogP contribution in [0.25, 0.3) is 0 Å². The largest absolute Gasteiger partial charge is 0.462 e.